The second kappa shape index (κ2) is 8.43. The molecule has 0 aromatic heterocycles. The van der Waals surface area contributed by atoms with E-state index in [1.54, 1.807) is 55.3 Å². The van der Waals surface area contributed by atoms with Gasteiger partial charge in [-0.25, -0.2) is 4.79 Å². The van der Waals surface area contributed by atoms with Gasteiger partial charge in [-0.05, 0) is 44.0 Å². The van der Waals surface area contributed by atoms with Crippen LogP contribution in [0.2, 0.25) is 10.0 Å². The zero-order chi connectivity index (χ0) is 25.1. The Balaban J connectivity index is 1.91. The lowest BCUT2D eigenvalue weighted by Crippen LogP contribution is -2.54. The number of hydrogen-bond acceptors (Lipinski definition) is 6. The number of para-hydroxylation sites is 1. The number of amides is 1. The minimum absolute atomic E-state index is 0.0220. The maximum Gasteiger partial charge on any atom is 0.339 e. The molecule has 5 rings (SSSR count). The summed E-state index contributed by atoms with van der Waals surface area (Å²) >= 11 is 12.5. The Morgan fingerprint density at radius 3 is 2.57 bits per heavy atom. The van der Waals surface area contributed by atoms with E-state index in [-0.39, 0.29) is 35.8 Å². The number of Topliss-reactive ketones (excluding diaryl/α,β-unsaturated/α-hetero) is 1. The van der Waals surface area contributed by atoms with Crippen molar-refractivity contribution in [1.29, 1.82) is 0 Å². The fraction of sp³-hybridized carbons (Fsp3) is 0.269. The summed E-state index contributed by atoms with van der Waals surface area (Å²) in [4.78, 5) is 44.5. The van der Waals surface area contributed by atoms with Gasteiger partial charge >= 0.3 is 5.97 Å². The summed E-state index contributed by atoms with van der Waals surface area (Å²) in [5.74, 6) is -1.35. The molecule has 2 heterocycles. The summed E-state index contributed by atoms with van der Waals surface area (Å²) in [6, 6.07) is 12.1. The Hall–Kier alpha value is -3.29. The first-order valence-electron chi connectivity index (χ1n) is 11.3. The summed E-state index contributed by atoms with van der Waals surface area (Å²) in [5, 5.41) is 0.647. The van der Waals surface area contributed by atoms with E-state index in [0.29, 0.717) is 45.5 Å². The standard InChI is InChI=1S/C26H23Cl2N3O4/c1-3-35-24(33)22-23(29)31(14-11-12-16(27)17(28)13-14)19-9-6-10-20(32)21(19)26(22)15-7-4-5-8-18(15)30(2)25(26)34/h4-5,7-8,11-13H,3,6,9-10,29H2,1-2H3. The summed E-state index contributed by atoms with van der Waals surface area (Å²) in [6.07, 6.45) is 1.32. The second-order valence-corrected chi connectivity index (χ2v) is 9.46. The van der Waals surface area contributed by atoms with Gasteiger partial charge in [-0.2, -0.15) is 0 Å². The summed E-state index contributed by atoms with van der Waals surface area (Å²) in [6.45, 7) is 1.75. The molecular formula is C26H23Cl2N3O4. The number of esters is 1. The number of nitrogens with zero attached hydrogens (tertiary/aromatic N) is 2. The fourth-order valence-electron chi connectivity index (χ4n) is 5.47. The zero-order valence-corrected chi connectivity index (χ0v) is 20.7. The highest BCUT2D eigenvalue weighted by molar-refractivity contribution is 6.42. The normalized spacial score (nSPS) is 21.6. The van der Waals surface area contributed by atoms with E-state index in [1.807, 2.05) is 6.07 Å². The topological polar surface area (TPSA) is 92.9 Å². The minimum atomic E-state index is -1.69. The predicted molar refractivity (Wildman–Crippen MR) is 134 cm³/mol. The Morgan fingerprint density at radius 2 is 1.86 bits per heavy atom. The summed E-state index contributed by atoms with van der Waals surface area (Å²) < 4.78 is 5.42. The van der Waals surface area contributed by atoms with E-state index < -0.39 is 17.3 Å². The molecule has 7 nitrogen and oxygen atoms in total. The van der Waals surface area contributed by atoms with Gasteiger partial charge in [0, 0.05) is 41.7 Å². The molecule has 2 aromatic carbocycles. The van der Waals surface area contributed by atoms with Crippen molar-refractivity contribution in [2.45, 2.75) is 31.6 Å². The number of carbonyl (C=O) groups is 3. The van der Waals surface area contributed by atoms with Gasteiger partial charge in [0.05, 0.1) is 16.7 Å². The van der Waals surface area contributed by atoms with E-state index in [4.69, 9.17) is 33.7 Å². The number of likely N-dealkylation sites (N-methyl/N-ethyl adjacent to an activating group) is 1. The number of hydrogen-bond donors (Lipinski definition) is 1. The highest BCUT2D eigenvalue weighted by atomic mass is 35.5. The number of rotatable bonds is 3. The Labute approximate surface area is 212 Å². The van der Waals surface area contributed by atoms with E-state index in [1.165, 1.54) is 4.90 Å². The third-order valence-electron chi connectivity index (χ3n) is 6.84. The van der Waals surface area contributed by atoms with Crippen molar-refractivity contribution in [3.8, 4) is 0 Å². The van der Waals surface area contributed by atoms with Gasteiger partial charge in [0.25, 0.3) is 0 Å². The third kappa shape index (κ3) is 3.15. The molecule has 2 aromatic rings. The number of benzene rings is 2. The van der Waals surface area contributed by atoms with Crippen LogP contribution in [0.1, 0.15) is 31.7 Å². The zero-order valence-electron chi connectivity index (χ0n) is 19.2. The molecule has 1 unspecified atom stereocenters. The van der Waals surface area contributed by atoms with E-state index in [2.05, 4.69) is 0 Å². The number of anilines is 2. The molecule has 1 spiro atoms. The number of ether oxygens (including phenoxy) is 1. The molecule has 2 N–H and O–H groups in total. The van der Waals surface area contributed by atoms with Crippen LogP contribution in [0.3, 0.4) is 0 Å². The first-order chi connectivity index (χ1) is 16.7. The van der Waals surface area contributed by atoms with Crippen LogP contribution in [0.5, 0.6) is 0 Å². The third-order valence-corrected chi connectivity index (χ3v) is 7.58. The van der Waals surface area contributed by atoms with Gasteiger partial charge in [-0.15, -0.1) is 0 Å². The fourth-order valence-corrected chi connectivity index (χ4v) is 5.77. The Kier molecular flexibility index (Phi) is 5.65. The van der Waals surface area contributed by atoms with Crippen LogP contribution in [-0.4, -0.2) is 31.3 Å². The molecule has 3 aliphatic rings. The Morgan fingerprint density at radius 1 is 1.11 bits per heavy atom. The average Bonchev–Trinajstić information content (AvgIpc) is 3.04. The number of nitrogens with two attached hydrogens (primary N) is 1. The highest BCUT2D eigenvalue weighted by Crippen LogP contribution is 2.57. The van der Waals surface area contributed by atoms with Crippen LogP contribution in [0.25, 0.3) is 0 Å². The van der Waals surface area contributed by atoms with Crippen molar-refractivity contribution in [2.24, 2.45) is 5.73 Å². The van der Waals surface area contributed by atoms with Crippen LogP contribution in [0, 0.1) is 0 Å². The molecule has 0 saturated heterocycles. The van der Waals surface area contributed by atoms with Gasteiger partial charge in [-0.3, -0.25) is 14.5 Å². The molecule has 0 radical (unpaired) electrons. The van der Waals surface area contributed by atoms with Crippen molar-refractivity contribution >= 4 is 52.2 Å². The largest absolute Gasteiger partial charge is 0.462 e. The average molecular weight is 512 g/mol. The highest BCUT2D eigenvalue weighted by Gasteiger charge is 2.63. The molecule has 2 aliphatic heterocycles. The number of fused-ring (bicyclic) bond motifs is 3. The Bertz CT molecular complexity index is 1370. The molecule has 0 fully saturated rings. The molecule has 0 saturated carbocycles. The lowest BCUT2D eigenvalue weighted by atomic mass is 9.63. The molecule has 180 valence electrons. The van der Waals surface area contributed by atoms with Crippen LogP contribution in [0.4, 0.5) is 11.4 Å². The first kappa shape index (κ1) is 23.5. The smallest absolute Gasteiger partial charge is 0.339 e. The maximum atomic E-state index is 14.1. The number of ketones is 1. The van der Waals surface area contributed by atoms with Gasteiger partial charge in [-0.1, -0.05) is 41.4 Å². The van der Waals surface area contributed by atoms with Crippen molar-refractivity contribution < 1.29 is 19.1 Å². The van der Waals surface area contributed by atoms with Crippen LogP contribution >= 0.6 is 23.2 Å². The molecule has 1 amide bonds. The van der Waals surface area contributed by atoms with Crippen LogP contribution in [0.15, 0.2) is 65.1 Å². The van der Waals surface area contributed by atoms with Crippen molar-refractivity contribution in [3.63, 3.8) is 0 Å². The quantitative estimate of drug-likeness (QED) is 0.611. The lowest BCUT2D eigenvalue weighted by Gasteiger charge is -2.44. The maximum absolute atomic E-state index is 14.1. The van der Waals surface area contributed by atoms with Gasteiger partial charge in [0.2, 0.25) is 5.91 Å². The molecule has 9 heteroatoms. The summed E-state index contributed by atoms with van der Waals surface area (Å²) in [5.41, 5.74) is 7.51. The molecule has 1 atom stereocenters. The number of allylic oxidation sites excluding steroid dienone is 1. The monoisotopic (exact) mass is 511 g/mol. The van der Waals surface area contributed by atoms with Gasteiger partial charge in [0.15, 0.2) is 5.78 Å². The predicted octanol–water partition coefficient (Wildman–Crippen LogP) is 4.47. The van der Waals surface area contributed by atoms with Crippen molar-refractivity contribution in [1.82, 2.24) is 0 Å². The first-order valence-corrected chi connectivity index (χ1v) is 12.1. The molecule has 35 heavy (non-hydrogen) atoms. The number of carbonyl (C=O) groups excluding carboxylic acids is 3. The van der Waals surface area contributed by atoms with Crippen molar-refractivity contribution in [2.75, 3.05) is 23.5 Å². The lowest BCUT2D eigenvalue weighted by molar-refractivity contribution is -0.140. The molecule has 1 aliphatic carbocycles. The van der Waals surface area contributed by atoms with E-state index >= 15 is 0 Å². The van der Waals surface area contributed by atoms with Crippen molar-refractivity contribution in [3.05, 3.63) is 80.7 Å². The minimum Gasteiger partial charge on any atom is -0.462 e. The van der Waals surface area contributed by atoms with E-state index in [9.17, 15) is 14.4 Å². The van der Waals surface area contributed by atoms with Gasteiger partial charge in [0.1, 0.15) is 16.8 Å². The summed E-state index contributed by atoms with van der Waals surface area (Å²) in [7, 11) is 1.63. The van der Waals surface area contributed by atoms with Crippen LogP contribution in [-0.2, 0) is 24.5 Å². The van der Waals surface area contributed by atoms with Crippen LogP contribution < -0.4 is 15.5 Å². The molecular weight excluding hydrogens is 489 g/mol. The van der Waals surface area contributed by atoms with Gasteiger partial charge < -0.3 is 15.4 Å². The number of halogens is 2. The molecule has 0 bridgehead atoms. The van der Waals surface area contributed by atoms with E-state index in [0.717, 1.165) is 0 Å². The SMILES string of the molecule is CCOC(=O)C1=C(N)N(c2ccc(Cl)c(Cl)c2)C2=C(C(=O)CCC2)C12C(=O)N(C)c1ccccc12. The second-order valence-electron chi connectivity index (χ2n) is 8.64.